The van der Waals surface area contributed by atoms with Crippen LogP contribution in [0.5, 0.6) is 5.75 Å². The van der Waals surface area contributed by atoms with Crippen LogP contribution >= 0.6 is 0 Å². The number of nitrogens with one attached hydrogen (secondary N) is 2. The highest BCUT2D eigenvalue weighted by molar-refractivity contribution is 6.15. The van der Waals surface area contributed by atoms with Gasteiger partial charge in [-0.3, -0.25) is 5.41 Å². The quantitative estimate of drug-likeness (QED) is 0.563. The van der Waals surface area contributed by atoms with Crippen molar-refractivity contribution in [2.75, 3.05) is 32.0 Å². The van der Waals surface area contributed by atoms with E-state index in [1.807, 2.05) is 25.1 Å². The van der Waals surface area contributed by atoms with Gasteiger partial charge in [-0.1, -0.05) is 6.08 Å². The van der Waals surface area contributed by atoms with Gasteiger partial charge in [-0.2, -0.15) is 0 Å². The standard InChI is InChI=1S/C19H24N4O2/c1-2-24-14-3-4-17(20)16(9-14)19(21)12-5-6-22-18(7-12)23-10-15-8-13(23)11-25-15/h3-5,7,9,13,15,21-22H,2,6,8,10-11,20H2,1H3/t13-,15-/m0/s1. The van der Waals surface area contributed by atoms with E-state index in [4.69, 9.17) is 20.6 Å². The van der Waals surface area contributed by atoms with Crippen LogP contribution in [0, 0.1) is 5.41 Å². The van der Waals surface area contributed by atoms with Gasteiger partial charge in [0.05, 0.1) is 31.1 Å². The summed E-state index contributed by atoms with van der Waals surface area (Å²) in [6, 6.07) is 5.94. The van der Waals surface area contributed by atoms with Gasteiger partial charge in [0, 0.05) is 29.9 Å². The van der Waals surface area contributed by atoms with Gasteiger partial charge in [-0.15, -0.1) is 0 Å². The number of nitrogen functional groups attached to an aromatic ring is 1. The summed E-state index contributed by atoms with van der Waals surface area (Å²) in [6.07, 6.45) is 5.53. The van der Waals surface area contributed by atoms with Crippen LogP contribution in [-0.4, -0.2) is 49.1 Å². The molecule has 2 atom stereocenters. The molecule has 2 saturated heterocycles. The Balaban J connectivity index is 1.58. The van der Waals surface area contributed by atoms with Crippen LogP contribution in [-0.2, 0) is 4.74 Å². The van der Waals surface area contributed by atoms with E-state index in [9.17, 15) is 0 Å². The Morgan fingerprint density at radius 1 is 1.48 bits per heavy atom. The Morgan fingerprint density at radius 2 is 2.36 bits per heavy atom. The lowest BCUT2D eigenvalue weighted by Crippen LogP contribution is -2.42. The monoisotopic (exact) mass is 340 g/mol. The summed E-state index contributed by atoms with van der Waals surface area (Å²) >= 11 is 0. The smallest absolute Gasteiger partial charge is 0.120 e. The first-order valence-corrected chi connectivity index (χ1v) is 8.81. The van der Waals surface area contributed by atoms with E-state index in [-0.39, 0.29) is 0 Å². The lowest BCUT2D eigenvalue weighted by Gasteiger charge is -2.33. The number of fused-ring (bicyclic) bond motifs is 2. The molecule has 25 heavy (non-hydrogen) atoms. The maximum absolute atomic E-state index is 8.64. The number of allylic oxidation sites excluding steroid dienone is 2. The van der Waals surface area contributed by atoms with Gasteiger partial charge < -0.3 is 25.4 Å². The highest BCUT2D eigenvalue weighted by Gasteiger charge is 2.40. The molecular weight excluding hydrogens is 316 g/mol. The first-order valence-electron chi connectivity index (χ1n) is 8.81. The molecule has 0 unspecified atom stereocenters. The third kappa shape index (κ3) is 2.98. The first kappa shape index (κ1) is 16.0. The summed E-state index contributed by atoms with van der Waals surface area (Å²) in [6.45, 7) is 4.96. The van der Waals surface area contributed by atoms with Crippen molar-refractivity contribution < 1.29 is 9.47 Å². The number of anilines is 1. The van der Waals surface area contributed by atoms with Gasteiger partial charge in [-0.05, 0) is 37.6 Å². The molecule has 2 bridgehead atoms. The number of hydrogen-bond donors (Lipinski definition) is 3. The number of ether oxygens (including phenoxy) is 2. The Bertz CT molecular complexity index is 756. The van der Waals surface area contributed by atoms with Crippen molar-refractivity contribution in [3.8, 4) is 5.75 Å². The Labute approximate surface area is 147 Å². The fraction of sp³-hybridized carbons (Fsp3) is 0.421. The summed E-state index contributed by atoms with van der Waals surface area (Å²) < 4.78 is 11.2. The molecule has 2 fully saturated rings. The molecule has 132 valence electrons. The zero-order valence-corrected chi connectivity index (χ0v) is 14.4. The van der Waals surface area contributed by atoms with Crippen molar-refractivity contribution in [1.82, 2.24) is 10.2 Å². The molecule has 0 saturated carbocycles. The highest BCUT2D eigenvalue weighted by Crippen LogP contribution is 2.31. The Hall–Kier alpha value is -2.47. The average molecular weight is 340 g/mol. The normalized spacial score (nSPS) is 24.6. The minimum atomic E-state index is 0.347. The molecule has 0 amide bonds. The second kappa shape index (κ2) is 6.44. The van der Waals surface area contributed by atoms with E-state index < -0.39 is 0 Å². The molecule has 3 heterocycles. The predicted molar refractivity (Wildman–Crippen MR) is 97.9 cm³/mol. The van der Waals surface area contributed by atoms with Crippen LogP contribution in [0.3, 0.4) is 0 Å². The van der Waals surface area contributed by atoms with Crippen molar-refractivity contribution in [3.05, 3.63) is 47.3 Å². The Morgan fingerprint density at radius 3 is 3.08 bits per heavy atom. The van der Waals surface area contributed by atoms with E-state index in [2.05, 4.69) is 16.3 Å². The maximum Gasteiger partial charge on any atom is 0.120 e. The van der Waals surface area contributed by atoms with Crippen molar-refractivity contribution in [2.45, 2.75) is 25.5 Å². The van der Waals surface area contributed by atoms with Crippen molar-refractivity contribution in [1.29, 1.82) is 5.41 Å². The molecule has 0 radical (unpaired) electrons. The minimum absolute atomic E-state index is 0.347. The topological polar surface area (TPSA) is 83.6 Å². The predicted octanol–water partition coefficient (Wildman–Crippen LogP) is 1.88. The molecule has 4 rings (SSSR count). The molecule has 0 spiro atoms. The lowest BCUT2D eigenvalue weighted by atomic mass is 9.98. The molecule has 6 nitrogen and oxygen atoms in total. The largest absolute Gasteiger partial charge is 0.494 e. The van der Waals surface area contributed by atoms with Gasteiger partial charge in [-0.25, -0.2) is 0 Å². The summed E-state index contributed by atoms with van der Waals surface area (Å²) in [4.78, 5) is 2.37. The number of nitrogens with two attached hydrogens (primary N) is 1. The van der Waals surface area contributed by atoms with E-state index in [1.54, 1.807) is 6.07 Å². The average Bonchev–Trinajstić information content (AvgIpc) is 3.26. The third-order valence-corrected chi connectivity index (χ3v) is 5.00. The molecule has 0 aromatic heterocycles. The molecule has 4 N–H and O–H groups in total. The summed E-state index contributed by atoms with van der Waals surface area (Å²) in [5.74, 6) is 1.82. The molecule has 0 aliphatic carbocycles. The van der Waals surface area contributed by atoms with Gasteiger partial charge in [0.25, 0.3) is 0 Å². The zero-order valence-electron chi connectivity index (χ0n) is 14.4. The zero-order chi connectivity index (χ0) is 17.4. The first-order chi connectivity index (χ1) is 12.2. The number of morpholine rings is 1. The molecule has 6 heteroatoms. The summed E-state index contributed by atoms with van der Waals surface area (Å²) in [5.41, 5.74) is 8.73. The van der Waals surface area contributed by atoms with Gasteiger partial charge >= 0.3 is 0 Å². The number of nitrogens with zero attached hydrogens (tertiary/aromatic N) is 1. The van der Waals surface area contributed by atoms with E-state index in [0.717, 1.165) is 36.7 Å². The number of dihydropyridines is 1. The summed E-state index contributed by atoms with van der Waals surface area (Å²) in [5, 5.41) is 12.1. The molecule has 3 aliphatic rings. The Kier molecular flexibility index (Phi) is 4.13. The van der Waals surface area contributed by atoms with Crippen molar-refractivity contribution in [2.24, 2.45) is 0 Å². The SMILES string of the molecule is CCOc1ccc(N)c(C(=N)C2=CCNC(N3C[C@@H]4C[C@H]3CO4)=C2)c1. The summed E-state index contributed by atoms with van der Waals surface area (Å²) in [7, 11) is 0. The van der Waals surface area contributed by atoms with Gasteiger partial charge in [0.15, 0.2) is 0 Å². The maximum atomic E-state index is 8.64. The fourth-order valence-electron chi connectivity index (χ4n) is 3.74. The fourth-order valence-corrected chi connectivity index (χ4v) is 3.74. The molecule has 3 aliphatic heterocycles. The van der Waals surface area contributed by atoms with E-state index in [0.29, 0.717) is 42.3 Å². The van der Waals surface area contributed by atoms with Crippen LogP contribution in [0.1, 0.15) is 18.9 Å². The second-order valence-corrected chi connectivity index (χ2v) is 6.62. The van der Waals surface area contributed by atoms with Crippen LogP contribution in [0.2, 0.25) is 0 Å². The van der Waals surface area contributed by atoms with E-state index in [1.165, 1.54) is 0 Å². The van der Waals surface area contributed by atoms with Gasteiger partial charge in [0.2, 0.25) is 0 Å². The lowest BCUT2D eigenvalue weighted by molar-refractivity contribution is 0.0417. The highest BCUT2D eigenvalue weighted by atomic mass is 16.5. The van der Waals surface area contributed by atoms with Gasteiger partial charge in [0.1, 0.15) is 11.6 Å². The second-order valence-electron chi connectivity index (χ2n) is 6.62. The van der Waals surface area contributed by atoms with Crippen molar-refractivity contribution in [3.63, 3.8) is 0 Å². The van der Waals surface area contributed by atoms with Crippen LogP contribution in [0.4, 0.5) is 5.69 Å². The van der Waals surface area contributed by atoms with Crippen LogP contribution in [0.15, 0.2) is 41.7 Å². The molecular formula is C19H24N4O2. The number of hydrogen-bond acceptors (Lipinski definition) is 6. The molecule has 1 aromatic rings. The molecule has 1 aromatic carbocycles. The van der Waals surface area contributed by atoms with Crippen LogP contribution < -0.4 is 15.8 Å². The number of rotatable bonds is 5. The third-order valence-electron chi connectivity index (χ3n) is 5.00. The number of benzene rings is 1. The van der Waals surface area contributed by atoms with E-state index >= 15 is 0 Å². The van der Waals surface area contributed by atoms with Crippen LogP contribution in [0.25, 0.3) is 0 Å². The van der Waals surface area contributed by atoms with Crippen molar-refractivity contribution >= 4 is 11.4 Å². The number of likely N-dealkylation sites (tertiary alicyclic amines) is 1. The minimum Gasteiger partial charge on any atom is -0.494 e.